The van der Waals surface area contributed by atoms with E-state index >= 15 is 0 Å². The molecule has 0 aliphatic carbocycles. The lowest BCUT2D eigenvalue weighted by atomic mass is 10.1. The highest BCUT2D eigenvalue weighted by atomic mass is 16.5. The van der Waals surface area contributed by atoms with Crippen LogP contribution in [0.15, 0.2) is 18.2 Å². The molecule has 0 spiro atoms. The molecule has 1 aliphatic heterocycles. The molecule has 6 heteroatoms. The number of fused-ring (bicyclic) bond motifs is 1. The molecule has 110 valence electrons. The molecule has 0 atom stereocenters. The van der Waals surface area contributed by atoms with Crippen LogP contribution in [0, 0.1) is 11.3 Å². The van der Waals surface area contributed by atoms with Gasteiger partial charge in [0.15, 0.2) is 0 Å². The number of benzene rings is 1. The number of ketones is 1. The van der Waals surface area contributed by atoms with Crippen molar-refractivity contribution in [3.05, 3.63) is 23.8 Å². The summed E-state index contributed by atoms with van der Waals surface area (Å²) in [7, 11) is 3.21. The van der Waals surface area contributed by atoms with Crippen LogP contribution in [0.3, 0.4) is 0 Å². The fraction of sp³-hybridized carbons (Fsp3) is 0.400. The molecule has 1 heterocycles. The minimum Gasteiger partial charge on any atom is -0.383 e. The summed E-state index contributed by atoms with van der Waals surface area (Å²) in [6, 6.07) is 7.40. The molecule has 1 aromatic carbocycles. The van der Waals surface area contributed by atoms with Gasteiger partial charge in [0.25, 0.3) is 11.7 Å². The standard InChI is InChI=1S/C15H17N3O3/c1-17-13-10-11(4-5-12(13)14(19)15(17)20)18(7-3-6-16)8-9-21-2/h4-5,10H,3,7-9H2,1-2H3. The van der Waals surface area contributed by atoms with Gasteiger partial charge in [-0.25, -0.2) is 0 Å². The zero-order valence-corrected chi connectivity index (χ0v) is 12.1. The Morgan fingerprint density at radius 3 is 2.76 bits per heavy atom. The van der Waals surface area contributed by atoms with Gasteiger partial charge in [0.2, 0.25) is 0 Å². The van der Waals surface area contributed by atoms with Crippen molar-refractivity contribution in [3.8, 4) is 6.07 Å². The van der Waals surface area contributed by atoms with Crippen molar-refractivity contribution in [2.75, 3.05) is 43.7 Å². The molecule has 0 saturated heterocycles. The Kier molecular flexibility index (Phi) is 4.55. The summed E-state index contributed by atoms with van der Waals surface area (Å²) in [6.45, 7) is 1.75. The number of methoxy groups -OCH3 is 1. The molecule has 0 aromatic heterocycles. The molecule has 0 saturated carbocycles. The number of hydrogen-bond acceptors (Lipinski definition) is 5. The molecule has 6 nitrogen and oxygen atoms in total. The third-order valence-electron chi connectivity index (χ3n) is 3.51. The summed E-state index contributed by atoms with van der Waals surface area (Å²) in [6.07, 6.45) is 0.397. The Labute approximate surface area is 123 Å². The summed E-state index contributed by atoms with van der Waals surface area (Å²) in [5.41, 5.74) is 1.91. The van der Waals surface area contributed by atoms with Crippen LogP contribution in [-0.4, -0.2) is 45.5 Å². The SMILES string of the molecule is COCCN(CCC#N)c1ccc2c(c1)N(C)C(=O)C2=O. The first-order chi connectivity index (χ1) is 10.1. The van der Waals surface area contributed by atoms with Crippen LogP contribution in [0.5, 0.6) is 0 Å². The molecule has 21 heavy (non-hydrogen) atoms. The highest BCUT2D eigenvalue weighted by molar-refractivity contribution is 6.52. The highest BCUT2D eigenvalue weighted by Crippen LogP contribution is 2.31. The molecule has 0 bridgehead atoms. The number of hydrogen-bond donors (Lipinski definition) is 0. The van der Waals surface area contributed by atoms with E-state index in [-0.39, 0.29) is 0 Å². The van der Waals surface area contributed by atoms with E-state index in [0.29, 0.717) is 37.4 Å². The van der Waals surface area contributed by atoms with Crippen molar-refractivity contribution in [1.82, 2.24) is 0 Å². The molecule has 1 aliphatic rings. The normalized spacial score (nSPS) is 13.3. The van der Waals surface area contributed by atoms with Gasteiger partial charge in [-0.2, -0.15) is 5.26 Å². The summed E-state index contributed by atoms with van der Waals surface area (Å²) in [5, 5.41) is 8.75. The maximum absolute atomic E-state index is 11.8. The molecular weight excluding hydrogens is 270 g/mol. The lowest BCUT2D eigenvalue weighted by Gasteiger charge is -2.24. The predicted molar refractivity (Wildman–Crippen MR) is 78.5 cm³/mol. The van der Waals surface area contributed by atoms with E-state index in [0.717, 1.165) is 5.69 Å². The van der Waals surface area contributed by atoms with Crippen LogP contribution in [0.1, 0.15) is 16.8 Å². The van der Waals surface area contributed by atoms with E-state index in [1.54, 1.807) is 26.3 Å². The van der Waals surface area contributed by atoms with E-state index in [9.17, 15) is 9.59 Å². The van der Waals surface area contributed by atoms with Crippen LogP contribution in [0.4, 0.5) is 11.4 Å². The monoisotopic (exact) mass is 287 g/mol. The van der Waals surface area contributed by atoms with Crippen molar-refractivity contribution in [1.29, 1.82) is 5.26 Å². The van der Waals surface area contributed by atoms with Gasteiger partial charge >= 0.3 is 0 Å². The van der Waals surface area contributed by atoms with Gasteiger partial charge in [-0.15, -0.1) is 0 Å². The average molecular weight is 287 g/mol. The number of carbonyl (C=O) groups is 2. The maximum Gasteiger partial charge on any atom is 0.299 e. The summed E-state index contributed by atoms with van der Waals surface area (Å²) in [4.78, 5) is 26.8. The highest BCUT2D eigenvalue weighted by Gasteiger charge is 2.33. The molecule has 2 rings (SSSR count). The minimum absolute atomic E-state index is 0.397. The first kappa shape index (κ1) is 15.0. The number of amides is 1. The van der Waals surface area contributed by atoms with E-state index in [2.05, 4.69) is 6.07 Å². The molecule has 0 unspecified atom stereocenters. The fourth-order valence-electron chi connectivity index (χ4n) is 2.32. The number of nitriles is 1. The first-order valence-corrected chi connectivity index (χ1v) is 6.67. The molecule has 1 aromatic rings. The van der Waals surface area contributed by atoms with E-state index < -0.39 is 11.7 Å². The number of rotatable bonds is 6. The Morgan fingerprint density at radius 2 is 2.10 bits per heavy atom. The predicted octanol–water partition coefficient (Wildman–Crippen LogP) is 1.21. The first-order valence-electron chi connectivity index (χ1n) is 6.67. The molecular formula is C15H17N3O3. The second kappa shape index (κ2) is 6.37. The lowest BCUT2D eigenvalue weighted by molar-refractivity contribution is -0.114. The van der Waals surface area contributed by atoms with Gasteiger partial charge in [-0.1, -0.05) is 0 Å². The number of Topliss-reactive ketones (excluding diaryl/α,β-unsaturated/α-hetero) is 1. The third kappa shape index (κ3) is 2.88. The van der Waals surface area contributed by atoms with Gasteiger partial charge < -0.3 is 14.5 Å². The van der Waals surface area contributed by atoms with E-state index in [1.807, 2.05) is 11.0 Å². The van der Waals surface area contributed by atoms with Crippen molar-refractivity contribution in [2.45, 2.75) is 6.42 Å². The van der Waals surface area contributed by atoms with Crippen LogP contribution in [-0.2, 0) is 9.53 Å². The van der Waals surface area contributed by atoms with E-state index in [1.165, 1.54) is 4.90 Å². The van der Waals surface area contributed by atoms with Gasteiger partial charge in [-0.3, -0.25) is 9.59 Å². The van der Waals surface area contributed by atoms with Crippen molar-refractivity contribution in [3.63, 3.8) is 0 Å². The maximum atomic E-state index is 11.8. The molecule has 0 radical (unpaired) electrons. The Bertz CT molecular complexity index is 607. The van der Waals surface area contributed by atoms with Gasteiger partial charge in [0.1, 0.15) is 0 Å². The second-order valence-corrected chi connectivity index (χ2v) is 4.78. The molecule has 1 amide bonds. The van der Waals surface area contributed by atoms with E-state index in [4.69, 9.17) is 10.00 Å². The van der Waals surface area contributed by atoms with Crippen molar-refractivity contribution < 1.29 is 14.3 Å². The summed E-state index contributed by atoms with van der Waals surface area (Å²) in [5.74, 6) is -0.984. The quantitative estimate of drug-likeness (QED) is 0.735. The van der Waals surface area contributed by atoms with Crippen molar-refractivity contribution >= 4 is 23.1 Å². The Hall–Kier alpha value is -2.39. The number of ether oxygens (including phenoxy) is 1. The Balaban J connectivity index is 2.29. The van der Waals surface area contributed by atoms with Crippen molar-refractivity contribution in [2.24, 2.45) is 0 Å². The van der Waals surface area contributed by atoms with Gasteiger partial charge in [0, 0.05) is 32.9 Å². The largest absolute Gasteiger partial charge is 0.383 e. The number of nitrogens with zero attached hydrogens (tertiary/aromatic N) is 3. The minimum atomic E-state index is -0.511. The number of likely N-dealkylation sites (N-methyl/N-ethyl adjacent to an activating group) is 1. The fourth-order valence-corrected chi connectivity index (χ4v) is 2.32. The van der Waals surface area contributed by atoms with Crippen LogP contribution in [0.2, 0.25) is 0 Å². The number of carbonyl (C=O) groups excluding carboxylic acids is 2. The van der Waals surface area contributed by atoms with Gasteiger partial charge in [0.05, 0.1) is 30.3 Å². The third-order valence-corrected chi connectivity index (χ3v) is 3.51. The Morgan fingerprint density at radius 1 is 1.33 bits per heavy atom. The zero-order chi connectivity index (χ0) is 15.4. The van der Waals surface area contributed by atoms with Gasteiger partial charge in [-0.05, 0) is 18.2 Å². The molecule has 0 fully saturated rings. The lowest BCUT2D eigenvalue weighted by Crippen LogP contribution is -2.28. The average Bonchev–Trinajstić information content (AvgIpc) is 2.72. The smallest absolute Gasteiger partial charge is 0.299 e. The van der Waals surface area contributed by atoms with Crippen LogP contribution in [0.25, 0.3) is 0 Å². The topological polar surface area (TPSA) is 73.6 Å². The number of anilines is 2. The van der Waals surface area contributed by atoms with Crippen LogP contribution >= 0.6 is 0 Å². The zero-order valence-electron chi connectivity index (χ0n) is 12.1. The molecule has 0 N–H and O–H groups in total. The second-order valence-electron chi connectivity index (χ2n) is 4.78. The summed E-state index contributed by atoms with van der Waals surface area (Å²) >= 11 is 0. The van der Waals surface area contributed by atoms with Crippen LogP contribution < -0.4 is 9.80 Å². The summed E-state index contributed by atoms with van der Waals surface area (Å²) < 4.78 is 5.08.